The number of nitrogens with one attached hydrogen (secondary N) is 1. The Kier molecular flexibility index (Phi) is 4.59. The summed E-state index contributed by atoms with van der Waals surface area (Å²) in [5.74, 6) is 1.87. The van der Waals surface area contributed by atoms with Gasteiger partial charge in [-0.05, 0) is 38.3 Å². The minimum Gasteiger partial charge on any atom is -0.354 e. The number of hydrogen-bond acceptors (Lipinski definition) is 3. The van der Waals surface area contributed by atoms with Gasteiger partial charge in [0.15, 0.2) is 0 Å². The molecule has 18 heavy (non-hydrogen) atoms. The molecule has 1 fully saturated rings. The zero-order chi connectivity index (χ0) is 13.0. The Labute approximate surface area is 111 Å². The van der Waals surface area contributed by atoms with E-state index in [-0.39, 0.29) is 0 Å². The molecule has 100 valence electrons. The third-order valence-corrected chi connectivity index (χ3v) is 3.34. The molecule has 0 unspecified atom stereocenters. The standard InChI is InChI=1S/C15H25N3/c1-4-18(14-7-8-14)15-13(6-5-9-17-15)11-16-10-12(2)3/h5-6,9,12,14,16H,4,7-8,10-11H2,1-3H3. The van der Waals surface area contributed by atoms with Crippen molar-refractivity contribution >= 4 is 5.82 Å². The number of nitrogens with zero attached hydrogens (tertiary/aromatic N) is 2. The van der Waals surface area contributed by atoms with Crippen LogP contribution < -0.4 is 10.2 Å². The minimum absolute atomic E-state index is 0.691. The molecule has 0 aromatic carbocycles. The molecular formula is C15H25N3. The first-order valence-corrected chi connectivity index (χ1v) is 7.13. The van der Waals surface area contributed by atoms with Gasteiger partial charge in [-0.3, -0.25) is 0 Å². The molecule has 1 saturated carbocycles. The molecule has 1 aliphatic carbocycles. The first-order valence-electron chi connectivity index (χ1n) is 7.13. The van der Waals surface area contributed by atoms with E-state index in [1.54, 1.807) is 0 Å². The maximum Gasteiger partial charge on any atom is 0.133 e. The number of pyridine rings is 1. The average Bonchev–Trinajstić information content (AvgIpc) is 3.16. The highest BCUT2D eigenvalue weighted by Crippen LogP contribution is 2.31. The summed E-state index contributed by atoms with van der Waals surface area (Å²) in [7, 11) is 0. The van der Waals surface area contributed by atoms with Gasteiger partial charge < -0.3 is 10.2 Å². The summed E-state index contributed by atoms with van der Waals surface area (Å²) < 4.78 is 0. The molecule has 1 aliphatic rings. The van der Waals surface area contributed by atoms with Gasteiger partial charge in [0.25, 0.3) is 0 Å². The van der Waals surface area contributed by atoms with E-state index < -0.39 is 0 Å². The molecule has 0 saturated heterocycles. The molecule has 3 nitrogen and oxygen atoms in total. The van der Waals surface area contributed by atoms with Crippen LogP contribution in [0.4, 0.5) is 5.82 Å². The molecule has 0 amide bonds. The van der Waals surface area contributed by atoms with Crippen LogP contribution in [0.3, 0.4) is 0 Å². The topological polar surface area (TPSA) is 28.2 Å². The third kappa shape index (κ3) is 3.45. The predicted octanol–water partition coefficient (Wildman–Crippen LogP) is 2.82. The second-order valence-corrected chi connectivity index (χ2v) is 5.53. The molecule has 3 heteroatoms. The lowest BCUT2D eigenvalue weighted by Gasteiger charge is -2.24. The van der Waals surface area contributed by atoms with Crippen molar-refractivity contribution in [3.05, 3.63) is 23.9 Å². The van der Waals surface area contributed by atoms with E-state index in [0.29, 0.717) is 5.92 Å². The van der Waals surface area contributed by atoms with Gasteiger partial charge in [0.2, 0.25) is 0 Å². The molecule has 0 bridgehead atoms. The fraction of sp³-hybridized carbons (Fsp3) is 0.667. The quantitative estimate of drug-likeness (QED) is 0.803. The first kappa shape index (κ1) is 13.3. The maximum absolute atomic E-state index is 4.59. The van der Waals surface area contributed by atoms with Gasteiger partial charge in [-0.2, -0.15) is 0 Å². The monoisotopic (exact) mass is 247 g/mol. The van der Waals surface area contributed by atoms with E-state index in [9.17, 15) is 0 Å². The van der Waals surface area contributed by atoms with Crippen LogP contribution in [-0.2, 0) is 6.54 Å². The zero-order valence-electron chi connectivity index (χ0n) is 11.8. The van der Waals surface area contributed by atoms with Crippen LogP contribution in [0.25, 0.3) is 0 Å². The molecule has 1 aromatic rings. The molecule has 0 spiro atoms. The van der Waals surface area contributed by atoms with Gasteiger partial charge in [-0.1, -0.05) is 19.9 Å². The SMILES string of the molecule is CCN(c1ncccc1CNCC(C)C)C1CC1. The van der Waals surface area contributed by atoms with Gasteiger partial charge in [0.1, 0.15) is 5.82 Å². The Hall–Kier alpha value is -1.09. The molecule has 0 radical (unpaired) electrons. The summed E-state index contributed by atoms with van der Waals surface area (Å²) >= 11 is 0. The van der Waals surface area contributed by atoms with Crippen molar-refractivity contribution in [1.82, 2.24) is 10.3 Å². The summed E-state index contributed by atoms with van der Waals surface area (Å²) in [6.07, 6.45) is 4.55. The van der Waals surface area contributed by atoms with Crippen LogP contribution in [0.15, 0.2) is 18.3 Å². The van der Waals surface area contributed by atoms with Crippen molar-refractivity contribution in [2.45, 2.75) is 46.2 Å². The summed E-state index contributed by atoms with van der Waals surface area (Å²) in [5, 5.41) is 3.51. The maximum atomic E-state index is 4.59. The van der Waals surface area contributed by atoms with Crippen molar-refractivity contribution in [3.63, 3.8) is 0 Å². The van der Waals surface area contributed by atoms with Gasteiger partial charge in [0.05, 0.1) is 0 Å². The number of aromatic nitrogens is 1. The number of anilines is 1. The van der Waals surface area contributed by atoms with Crippen LogP contribution in [-0.4, -0.2) is 24.1 Å². The van der Waals surface area contributed by atoms with Gasteiger partial charge in [-0.25, -0.2) is 4.98 Å². The summed E-state index contributed by atoms with van der Waals surface area (Å²) in [5.41, 5.74) is 1.33. The molecule has 0 atom stereocenters. The average molecular weight is 247 g/mol. The van der Waals surface area contributed by atoms with E-state index in [4.69, 9.17) is 0 Å². The Bertz CT molecular complexity index is 372. The third-order valence-electron chi connectivity index (χ3n) is 3.34. The second kappa shape index (κ2) is 6.19. The fourth-order valence-electron chi connectivity index (χ4n) is 2.29. The van der Waals surface area contributed by atoms with E-state index in [2.05, 4.69) is 42.0 Å². The Morgan fingerprint density at radius 2 is 2.22 bits per heavy atom. The van der Waals surface area contributed by atoms with Crippen molar-refractivity contribution in [2.75, 3.05) is 18.0 Å². The smallest absolute Gasteiger partial charge is 0.133 e. The van der Waals surface area contributed by atoms with Crippen LogP contribution in [0.1, 0.15) is 39.2 Å². The lowest BCUT2D eigenvalue weighted by Crippen LogP contribution is -2.28. The molecule has 1 aromatic heterocycles. The fourth-order valence-corrected chi connectivity index (χ4v) is 2.29. The second-order valence-electron chi connectivity index (χ2n) is 5.53. The Morgan fingerprint density at radius 1 is 1.44 bits per heavy atom. The highest BCUT2D eigenvalue weighted by molar-refractivity contribution is 5.48. The summed E-state index contributed by atoms with van der Waals surface area (Å²) in [4.78, 5) is 7.05. The number of rotatable bonds is 7. The lowest BCUT2D eigenvalue weighted by molar-refractivity contribution is 0.551. The molecule has 1 heterocycles. The van der Waals surface area contributed by atoms with E-state index >= 15 is 0 Å². The number of hydrogen-bond donors (Lipinski definition) is 1. The normalized spacial score (nSPS) is 15.1. The summed E-state index contributed by atoms with van der Waals surface area (Å²) in [6.45, 7) is 9.73. The lowest BCUT2D eigenvalue weighted by atomic mass is 10.2. The molecule has 1 N–H and O–H groups in total. The van der Waals surface area contributed by atoms with Gasteiger partial charge >= 0.3 is 0 Å². The van der Waals surface area contributed by atoms with Crippen molar-refractivity contribution < 1.29 is 0 Å². The van der Waals surface area contributed by atoms with Crippen LogP contribution in [0, 0.1) is 5.92 Å². The minimum atomic E-state index is 0.691. The van der Waals surface area contributed by atoms with Gasteiger partial charge in [0, 0.05) is 30.9 Å². The van der Waals surface area contributed by atoms with Crippen molar-refractivity contribution in [2.24, 2.45) is 5.92 Å². The van der Waals surface area contributed by atoms with Gasteiger partial charge in [-0.15, -0.1) is 0 Å². The largest absolute Gasteiger partial charge is 0.354 e. The van der Waals surface area contributed by atoms with Crippen LogP contribution in [0.5, 0.6) is 0 Å². The van der Waals surface area contributed by atoms with Crippen LogP contribution in [0.2, 0.25) is 0 Å². The van der Waals surface area contributed by atoms with Crippen molar-refractivity contribution in [1.29, 1.82) is 0 Å². The van der Waals surface area contributed by atoms with E-state index in [1.165, 1.54) is 24.2 Å². The highest BCUT2D eigenvalue weighted by Gasteiger charge is 2.29. The van der Waals surface area contributed by atoms with Crippen LogP contribution >= 0.6 is 0 Å². The van der Waals surface area contributed by atoms with E-state index in [1.807, 2.05) is 12.3 Å². The van der Waals surface area contributed by atoms with Crippen molar-refractivity contribution in [3.8, 4) is 0 Å². The Morgan fingerprint density at radius 3 is 2.83 bits per heavy atom. The first-order chi connectivity index (χ1) is 8.72. The Balaban J connectivity index is 2.04. The predicted molar refractivity (Wildman–Crippen MR) is 76.8 cm³/mol. The summed E-state index contributed by atoms with van der Waals surface area (Å²) in [6, 6.07) is 4.96. The molecular weight excluding hydrogens is 222 g/mol. The highest BCUT2D eigenvalue weighted by atomic mass is 15.2. The van der Waals surface area contributed by atoms with E-state index in [0.717, 1.165) is 25.7 Å². The molecule has 2 rings (SSSR count). The zero-order valence-corrected chi connectivity index (χ0v) is 11.8. The molecule has 0 aliphatic heterocycles.